The Hall–Kier alpha value is -0.957. The summed E-state index contributed by atoms with van der Waals surface area (Å²) in [6.07, 6.45) is 3.25. The van der Waals surface area contributed by atoms with Crippen LogP contribution in [0.15, 0.2) is 71.0 Å². The monoisotopic (exact) mass is 774 g/mol. The Balaban J connectivity index is 0.000000837. The summed E-state index contributed by atoms with van der Waals surface area (Å²) >= 11 is 0. The van der Waals surface area contributed by atoms with Crippen molar-refractivity contribution < 1.29 is 135 Å². The van der Waals surface area contributed by atoms with Crippen LogP contribution in [0.25, 0.3) is 22.5 Å². The number of carboxylic acid groups (broad SMARTS) is 2. The van der Waals surface area contributed by atoms with E-state index < -0.39 is 25.8 Å². The van der Waals surface area contributed by atoms with Crippen LogP contribution in [0, 0.1) is 0 Å². The molecule has 11 nitrogen and oxygen atoms in total. The van der Waals surface area contributed by atoms with Crippen LogP contribution in [0.4, 0.5) is 4.79 Å². The first-order valence-electron chi connectivity index (χ1n) is 15.6. The molecular weight excluding hydrogens is 731 g/mol. The second kappa shape index (κ2) is 23.0. The van der Waals surface area contributed by atoms with Crippen LogP contribution in [-0.2, 0) is 32.5 Å². The quantitative estimate of drug-likeness (QED) is 0.140. The molecule has 0 saturated carbocycles. The Morgan fingerprint density at radius 2 is 0.940 bits per heavy atom. The second-order valence-electron chi connectivity index (χ2n) is 11.9. The van der Waals surface area contributed by atoms with Crippen molar-refractivity contribution in [1.82, 2.24) is 19.9 Å². The molecule has 0 radical (unpaired) electrons. The third-order valence-electron chi connectivity index (χ3n) is 6.89. The van der Waals surface area contributed by atoms with E-state index in [1.165, 1.54) is 11.1 Å². The van der Waals surface area contributed by atoms with E-state index in [0.717, 1.165) is 60.7 Å². The van der Waals surface area contributed by atoms with Crippen molar-refractivity contribution in [1.29, 1.82) is 0 Å². The molecule has 4 rings (SSSR count). The van der Waals surface area contributed by atoms with E-state index in [0.29, 0.717) is 23.2 Å². The van der Waals surface area contributed by atoms with Crippen LogP contribution < -0.4 is 113 Å². The Kier molecular flexibility index (Phi) is 22.5. The van der Waals surface area contributed by atoms with E-state index >= 15 is 0 Å². The minimum absolute atomic E-state index is 0. The van der Waals surface area contributed by atoms with Crippen LogP contribution in [0.1, 0.15) is 88.7 Å². The molecule has 2 heterocycles. The van der Waals surface area contributed by atoms with Crippen molar-refractivity contribution >= 4 is 25.8 Å². The fourth-order valence-corrected chi connectivity index (χ4v) is 5.55. The van der Waals surface area contributed by atoms with E-state index in [9.17, 15) is 16.8 Å². The van der Waals surface area contributed by atoms with Gasteiger partial charge in [-0.05, 0) is 66.2 Å². The molecule has 2 aromatic heterocycles. The largest absolute Gasteiger partial charge is 1.00 e. The van der Waals surface area contributed by atoms with Crippen LogP contribution in [-0.4, -0.2) is 55.4 Å². The maximum absolute atomic E-state index is 11.8. The molecule has 260 valence electrons. The SMILES string of the molecule is CCCc1cc(-c2cccc(C(C)C)c2)nc(S(C)(=O)=O)n1.CCCc1cc(-c2cccc(C(C)C)c2)nc(S(C)(=O)=O)n1.O=C([O-])[O-].[K+].[K+]. The van der Waals surface area contributed by atoms with E-state index in [2.05, 4.69) is 71.9 Å². The molecule has 0 unspecified atom stereocenters. The Labute approximate surface area is 382 Å². The number of aryl methyl sites for hydroxylation is 2. The molecule has 15 heteroatoms. The van der Waals surface area contributed by atoms with Crippen LogP contribution >= 0.6 is 0 Å². The smallest absolute Gasteiger partial charge is 0.652 e. The third-order valence-corrected chi connectivity index (χ3v) is 8.58. The number of hydrogen-bond donors (Lipinski definition) is 0. The first-order chi connectivity index (χ1) is 22.3. The van der Waals surface area contributed by atoms with Gasteiger partial charge in [0.2, 0.25) is 30.0 Å². The minimum Gasteiger partial charge on any atom is -0.652 e. The van der Waals surface area contributed by atoms with Gasteiger partial charge in [0.15, 0.2) is 0 Å². The third kappa shape index (κ3) is 16.8. The summed E-state index contributed by atoms with van der Waals surface area (Å²) in [5.41, 5.74) is 7.13. The van der Waals surface area contributed by atoms with E-state index in [1.54, 1.807) is 0 Å². The number of sulfone groups is 2. The van der Waals surface area contributed by atoms with Gasteiger partial charge in [-0.15, -0.1) is 0 Å². The number of carbonyl (C=O) groups excluding carboxylic acids is 1. The maximum Gasteiger partial charge on any atom is 1.00 e. The first kappa shape index (κ1) is 49.0. The van der Waals surface area contributed by atoms with Gasteiger partial charge < -0.3 is 15.0 Å². The Morgan fingerprint density at radius 3 is 1.20 bits per heavy atom. The van der Waals surface area contributed by atoms with Gasteiger partial charge in [-0.1, -0.05) is 90.8 Å². The summed E-state index contributed by atoms with van der Waals surface area (Å²) in [4.78, 5) is 25.2. The topological polar surface area (TPSA) is 183 Å². The molecule has 0 N–H and O–H groups in total. The summed E-state index contributed by atoms with van der Waals surface area (Å²) in [5.74, 6) is 0.817. The summed E-state index contributed by atoms with van der Waals surface area (Å²) in [5, 5.41) is 16.5. The molecule has 0 aliphatic carbocycles. The van der Waals surface area contributed by atoms with Crippen molar-refractivity contribution in [2.24, 2.45) is 0 Å². The number of carbonyl (C=O) groups is 1. The molecule has 2 aromatic carbocycles. The molecule has 0 spiro atoms. The maximum atomic E-state index is 11.8. The zero-order valence-electron chi connectivity index (χ0n) is 30.7. The number of rotatable bonds is 10. The van der Waals surface area contributed by atoms with Gasteiger partial charge in [0, 0.05) is 35.0 Å². The van der Waals surface area contributed by atoms with Crippen molar-refractivity contribution in [3.05, 3.63) is 83.2 Å². The average molecular weight is 775 g/mol. The predicted octanol–water partition coefficient (Wildman–Crippen LogP) is -1.19. The summed E-state index contributed by atoms with van der Waals surface area (Å²) < 4.78 is 47.3. The van der Waals surface area contributed by atoms with Gasteiger partial charge in [-0.25, -0.2) is 36.8 Å². The summed E-state index contributed by atoms with van der Waals surface area (Å²) in [6.45, 7) is 12.6. The van der Waals surface area contributed by atoms with Gasteiger partial charge in [0.05, 0.1) is 11.4 Å². The zero-order valence-corrected chi connectivity index (χ0v) is 38.6. The molecule has 0 amide bonds. The molecule has 0 bridgehead atoms. The van der Waals surface area contributed by atoms with Crippen molar-refractivity contribution in [2.75, 3.05) is 12.5 Å². The Morgan fingerprint density at radius 1 is 0.620 bits per heavy atom. The van der Waals surface area contributed by atoms with Gasteiger partial charge in [-0.3, -0.25) is 0 Å². The predicted molar refractivity (Wildman–Crippen MR) is 183 cm³/mol. The van der Waals surface area contributed by atoms with E-state index in [1.807, 2.05) is 50.2 Å². The molecule has 0 aliphatic rings. The van der Waals surface area contributed by atoms with E-state index in [-0.39, 0.29) is 113 Å². The molecule has 0 aliphatic heterocycles. The number of benzene rings is 2. The van der Waals surface area contributed by atoms with Crippen LogP contribution in [0.5, 0.6) is 0 Å². The number of hydrogen-bond acceptors (Lipinski definition) is 11. The van der Waals surface area contributed by atoms with Crippen LogP contribution in [0.3, 0.4) is 0 Å². The molecule has 0 saturated heterocycles. The standard InChI is InChI=1S/2C17H22N2O2S.CH2O3.2K/c2*1-5-7-15-11-16(19-17(18-15)22(4,20)21)14-9-6-8-13(10-14)12(2)3;2-1(3)4;;/h2*6,8-12H,5,7H2,1-4H3;(H2,2,3,4);;/q;;;2*+1/p-2. The Bertz CT molecular complexity index is 1790. The zero-order chi connectivity index (χ0) is 36.2. The van der Waals surface area contributed by atoms with E-state index in [4.69, 9.17) is 15.0 Å². The molecular formula is C35H44K2N4O7S2. The molecule has 0 atom stereocenters. The number of aromatic nitrogens is 4. The van der Waals surface area contributed by atoms with Crippen molar-refractivity contribution in [3.8, 4) is 22.5 Å². The van der Waals surface area contributed by atoms with Gasteiger partial charge in [0.1, 0.15) is 0 Å². The van der Waals surface area contributed by atoms with Crippen LogP contribution in [0.2, 0.25) is 0 Å². The average Bonchev–Trinajstić information content (AvgIpc) is 3.00. The molecule has 4 aromatic rings. The number of nitrogens with zero attached hydrogens (tertiary/aromatic N) is 4. The fraction of sp³-hybridized carbons (Fsp3) is 0.400. The van der Waals surface area contributed by atoms with Crippen molar-refractivity contribution in [2.45, 2.75) is 89.4 Å². The summed E-state index contributed by atoms with van der Waals surface area (Å²) in [7, 11) is -6.85. The molecule has 50 heavy (non-hydrogen) atoms. The molecule has 0 fully saturated rings. The van der Waals surface area contributed by atoms with Gasteiger partial charge in [-0.2, -0.15) is 0 Å². The first-order valence-corrected chi connectivity index (χ1v) is 19.4. The van der Waals surface area contributed by atoms with Gasteiger partial charge >= 0.3 is 103 Å². The summed E-state index contributed by atoms with van der Waals surface area (Å²) in [6, 6.07) is 19.9. The minimum atomic E-state index is -3.42. The van der Waals surface area contributed by atoms with Crippen molar-refractivity contribution in [3.63, 3.8) is 0 Å². The second-order valence-corrected chi connectivity index (χ2v) is 15.7. The van der Waals surface area contributed by atoms with Gasteiger partial charge in [0.25, 0.3) is 0 Å². The fourth-order valence-electron chi connectivity index (χ4n) is 4.46. The normalized spacial score (nSPS) is 10.9.